The molecule has 0 radical (unpaired) electrons. The quantitative estimate of drug-likeness (QED) is 0.520. The summed E-state index contributed by atoms with van der Waals surface area (Å²) in [4.78, 5) is 0. The van der Waals surface area contributed by atoms with Gasteiger partial charge in [0.1, 0.15) is 0 Å². The number of aryl methyl sites for hydroxylation is 1. The molecule has 102 valence electrons. The number of benzene rings is 1. The maximum Gasteiger partial charge on any atom is 0.161 e. The fourth-order valence-corrected chi connectivity index (χ4v) is 2.45. The minimum atomic E-state index is 0.0522. The van der Waals surface area contributed by atoms with Gasteiger partial charge >= 0.3 is 0 Å². The summed E-state index contributed by atoms with van der Waals surface area (Å²) in [7, 11) is 3.30. The summed E-state index contributed by atoms with van der Waals surface area (Å²) in [5.74, 6) is 1.51. The van der Waals surface area contributed by atoms with Crippen LogP contribution in [0.1, 0.15) is 49.1 Å². The molecule has 3 heteroatoms. The van der Waals surface area contributed by atoms with Gasteiger partial charge in [-0.1, -0.05) is 26.2 Å². The summed E-state index contributed by atoms with van der Waals surface area (Å²) in [5, 5.41) is 0.0522. The molecule has 0 heterocycles. The molecule has 1 aromatic carbocycles. The fourth-order valence-electron chi connectivity index (χ4n) is 2.06. The Labute approximate surface area is 115 Å². The highest BCUT2D eigenvalue weighted by Gasteiger charge is 2.14. The third-order valence-corrected chi connectivity index (χ3v) is 3.62. The van der Waals surface area contributed by atoms with Gasteiger partial charge in [-0.05, 0) is 36.6 Å². The molecule has 0 N–H and O–H groups in total. The predicted octanol–water partition coefficient (Wildman–Crippen LogP) is 4.87. The number of ether oxygens (including phenoxy) is 2. The first kappa shape index (κ1) is 15.2. The second-order valence-corrected chi connectivity index (χ2v) is 5.05. The molecule has 0 aliphatic heterocycles. The molecule has 0 aromatic heterocycles. The third-order valence-electron chi connectivity index (χ3n) is 3.17. The Kier molecular flexibility index (Phi) is 6.34. The summed E-state index contributed by atoms with van der Waals surface area (Å²) in [5.41, 5.74) is 2.30. The summed E-state index contributed by atoms with van der Waals surface area (Å²) in [6, 6.07) is 3.99. The van der Waals surface area contributed by atoms with E-state index in [9.17, 15) is 0 Å². The Bertz CT molecular complexity index is 377. The van der Waals surface area contributed by atoms with Gasteiger partial charge in [0.2, 0.25) is 0 Å². The first-order valence-corrected chi connectivity index (χ1v) is 6.94. The molecule has 0 fully saturated rings. The van der Waals surface area contributed by atoms with Crippen LogP contribution in [0.4, 0.5) is 0 Å². The van der Waals surface area contributed by atoms with Crippen LogP contribution in [0.15, 0.2) is 12.1 Å². The van der Waals surface area contributed by atoms with Gasteiger partial charge in [0, 0.05) is 0 Å². The van der Waals surface area contributed by atoms with Crippen LogP contribution in [0.25, 0.3) is 0 Å². The molecule has 0 saturated heterocycles. The lowest BCUT2D eigenvalue weighted by Crippen LogP contribution is -1.98. The molecule has 0 bridgehead atoms. The number of alkyl halides is 1. The van der Waals surface area contributed by atoms with Crippen molar-refractivity contribution in [2.75, 3.05) is 14.2 Å². The number of rotatable bonds is 7. The van der Waals surface area contributed by atoms with Crippen molar-refractivity contribution in [3.05, 3.63) is 23.3 Å². The van der Waals surface area contributed by atoms with E-state index in [1.165, 1.54) is 19.3 Å². The summed E-state index contributed by atoms with van der Waals surface area (Å²) in [6.45, 7) is 4.26. The number of methoxy groups -OCH3 is 2. The monoisotopic (exact) mass is 270 g/mol. The van der Waals surface area contributed by atoms with Gasteiger partial charge in [-0.2, -0.15) is 0 Å². The molecular weight excluding hydrogens is 248 g/mol. The highest BCUT2D eigenvalue weighted by molar-refractivity contribution is 6.20. The third kappa shape index (κ3) is 3.81. The second-order valence-electron chi connectivity index (χ2n) is 4.53. The van der Waals surface area contributed by atoms with E-state index in [0.29, 0.717) is 0 Å². The molecule has 0 spiro atoms. The Morgan fingerprint density at radius 1 is 1.11 bits per heavy atom. The van der Waals surface area contributed by atoms with Crippen LogP contribution in [-0.2, 0) is 0 Å². The minimum Gasteiger partial charge on any atom is -0.493 e. The van der Waals surface area contributed by atoms with Crippen molar-refractivity contribution >= 4 is 11.6 Å². The highest BCUT2D eigenvalue weighted by atomic mass is 35.5. The SMILES string of the molecule is CCCCCC(Cl)c1cc(OC)c(OC)cc1C. The van der Waals surface area contributed by atoms with E-state index in [2.05, 4.69) is 13.8 Å². The zero-order valence-corrected chi connectivity index (χ0v) is 12.5. The standard InChI is InChI=1S/C15H23ClO2/c1-5-6-7-8-13(16)12-10-15(18-4)14(17-3)9-11(12)2/h9-10,13H,5-8H2,1-4H3. The molecule has 0 aliphatic rings. The molecule has 1 unspecified atom stereocenters. The highest BCUT2D eigenvalue weighted by Crippen LogP contribution is 2.36. The lowest BCUT2D eigenvalue weighted by atomic mass is 10.0. The number of unbranched alkanes of at least 4 members (excludes halogenated alkanes) is 2. The van der Waals surface area contributed by atoms with E-state index in [1.807, 2.05) is 12.1 Å². The van der Waals surface area contributed by atoms with Crippen LogP contribution < -0.4 is 9.47 Å². The van der Waals surface area contributed by atoms with E-state index >= 15 is 0 Å². The summed E-state index contributed by atoms with van der Waals surface area (Å²) in [6.07, 6.45) is 4.62. The van der Waals surface area contributed by atoms with Crippen LogP contribution in [0.5, 0.6) is 11.5 Å². The zero-order chi connectivity index (χ0) is 13.5. The molecule has 1 atom stereocenters. The fraction of sp³-hybridized carbons (Fsp3) is 0.600. The zero-order valence-electron chi connectivity index (χ0n) is 11.8. The van der Waals surface area contributed by atoms with Crippen LogP contribution >= 0.6 is 11.6 Å². The van der Waals surface area contributed by atoms with Gasteiger partial charge in [0.15, 0.2) is 11.5 Å². The maximum atomic E-state index is 6.48. The Morgan fingerprint density at radius 2 is 1.72 bits per heavy atom. The van der Waals surface area contributed by atoms with Gasteiger partial charge in [-0.15, -0.1) is 11.6 Å². The van der Waals surface area contributed by atoms with Gasteiger partial charge in [0.25, 0.3) is 0 Å². The largest absolute Gasteiger partial charge is 0.493 e. The molecule has 1 aromatic rings. The van der Waals surface area contributed by atoms with E-state index in [0.717, 1.165) is 29.0 Å². The number of halogens is 1. The van der Waals surface area contributed by atoms with Crippen molar-refractivity contribution in [3.8, 4) is 11.5 Å². The van der Waals surface area contributed by atoms with Crippen molar-refractivity contribution in [2.24, 2.45) is 0 Å². The van der Waals surface area contributed by atoms with Crippen molar-refractivity contribution < 1.29 is 9.47 Å². The average molecular weight is 271 g/mol. The van der Waals surface area contributed by atoms with E-state index in [-0.39, 0.29) is 5.38 Å². The normalized spacial score (nSPS) is 12.3. The minimum absolute atomic E-state index is 0.0522. The first-order valence-electron chi connectivity index (χ1n) is 6.50. The molecule has 18 heavy (non-hydrogen) atoms. The number of hydrogen-bond donors (Lipinski definition) is 0. The average Bonchev–Trinajstić information content (AvgIpc) is 2.38. The Morgan fingerprint density at radius 3 is 2.28 bits per heavy atom. The molecule has 0 amide bonds. The van der Waals surface area contributed by atoms with Crippen molar-refractivity contribution in [1.29, 1.82) is 0 Å². The van der Waals surface area contributed by atoms with E-state index in [4.69, 9.17) is 21.1 Å². The lowest BCUT2D eigenvalue weighted by Gasteiger charge is -2.16. The molecular formula is C15H23ClO2. The smallest absolute Gasteiger partial charge is 0.161 e. The van der Waals surface area contributed by atoms with E-state index < -0.39 is 0 Å². The summed E-state index contributed by atoms with van der Waals surface area (Å²) < 4.78 is 10.6. The maximum absolute atomic E-state index is 6.48. The second kappa shape index (κ2) is 7.52. The van der Waals surface area contributed by atoms with Crippen molar-refractivity contribution in [3.63, 3.8) is 0 Å². The van der Waals surface area contributed by atoms with E-state index in [1.54, 1.807) is 14.2 Å². The number of hydrogen-bond acceptors (Lipinski definition) is 2. The summed E-state index contributed by atoms with van der Waals surface area (Å²) >= 11 is 6.48. The van der Waals surface area contributed by atoms with Crippen molar-refractivity contribution in [2.45, 2.75) is 44.9 Å². The lowest BCUT2D eigenvalue weighted by molar-refractivity contribution is 0.354. The van der Waals surface area contributed by atoms with Gasteiger partial charge in [-0.3, -0.25) is 0 Å². The molecule has 1 rings (SSSR count). The topological polar surface area (TPSA) is 18.5 Å². The Hall–Kier alpha value is -0.890. The molecule has 0 saturated carbocycles. The Balaban J connectivity index is 2.87. The van der Waals surface area contributed by atoms with Crippen LogP contribution in [-0.4, -0.2) is 14.2 Å². The molecule has 0 aliphatic carbocycles. The van der Waals surface area contributed by atoms with Gasteiger partial charge < -0.3 is 9.47 Å². The van der Waals surface area contributed by atoms with Crippen molar-refractivity contribution in [1.82, 2.24) is 0 Å². The predicted molar refractivity (Wildman–Crippen MR) is 77.0 cm³/mol. The first-order chi connectivity index (χ1) is 8.63. The van der Waals surface area contributed by atoms with Crippen LogP contribution in [0.2, 0.25) is 0 Å². The van der Waals surface area contributed by atoms with Crippen LogP contribution in [0.3, 0.4) is 0 Å². The van der Waals surface area contributed by atoms with Crippen LogP contribution in [0, 0.1) is 6.92 Å². The van der Waals surface area contributed by atoms with Gasteiger partial charge in [0.05, 0.1) is 19.6 Å². The van der Waals surface area contributed by atoms with Gasteiger partial charge in [-0.25, -0.2) is 0 Å². The molecule has 2 nitrogen and oxygen atoms in total.